The molecule has 6 rings (SSSR count). The van der Waals surface area contributed by atoms with Crippen LogP contribution in [0.1, 0.15) is 25.7 Å². The Morgan fingerprint density at radius 3 is 1.23 bits per heavy atom. The second-order valence-corrected chi connectivity index (χ2v) is 10.3. The van der Waals surface area contributed by atoms with Gasteiger partial charge < -0.3 is 9.47 Å². The first kappa shape index (κ1) is 37.1. The van der Waals surface area contributed by atoms with Gasteiger partial charge in [0.1, 0.15) is 0 Å². The third kappa shape index (κ3) is 11.8. The van der Waals surface area contributed by atoms with Crippen LogP contribution in [0, 0.1) is 126 Å². The van der Waals surface area contributed by atoms with Crippen LogP contribution in [0.25, 0.3) is 0 Å². The van der Waals surface area contributed by atoms with Crippen molar-refractivity contribution in [1.29, 1.82) is 0 Å². The van der Waals surface area contributed by atoms with Gasteiger partial charge in [-0.05, 0) is 153 Å². The number of hydrogen-bond acceptors (Lipinski definition) is 4. The van der Waals surface area contributed by atoms with E-state index in [0.29, 0.717) is 12.1 Å². The van der Waals surface area contributed by atoms with Gasteiger partial charge in [0.2, 0.25) is 0 Å². The average molecular weight is 624 g/mol. The summed E-state index contributed by atoms with van der Waals surface area (Å²) in [5.74, 6) is 5.71. The molecule has 6 aliphatic rings. The van der Waals surface area contributed by atoms with Gasteiger partial charge in [0.05, 0.1) is 13.2 Å². The van der Waals surface area contributed by atoms with Crippen molar-refractivity contribution in [3.63, 3.8) is 0 Å². The van der Waals surface area contributed by atoms with Crippen molar-refractivity contribution in [2.75, 3.05) is 53.6 Å². The molecule has 4 nitrogen and oxygen atoms in total. The van der Waals surface area contributed by atoms with E-state index in [4.69, 9.17) is 9.47 Å². The van der Waals surface area contributed by atoms with Crippen LogP contribution in [0.3, 0.4) is 0 Å². The molecule has 0 aromatic carbocycles. The van der Waals surface area contributed by atoms with Gasteiger partial charge in [-0.15, -0.1) is 0 Å². The molecule has 0 spiro atoms. The fraction of sp³-hybridized carbons (Fsp3) is 0.412. The zero-order chi connectivity index (χ0) is 26.4. The maximum absolute atomic E-state index is 5.44. The van der Waals surface area contributed by atoms with E-state index in [1.165, 1.54) is 62.4 Å². The molecule has 0 aromatic rings. The van der Waals surface area contributed by atoms with Crippen LogP contribution >= 0.6 is 0 Å². The standard InChI is InChI=1S/C24H34N2O2.2C5H5.2Fe/c1-27-17-21-9-5-13-25(21)15-19-7-3-11-23(19)24-12-4-8-20(24)16-26-14-6-10-22(26)18-28-2;2*1-2-4-5-3-1;;/h3-4,7-8,11-12,21-22H,5-6,9-10,13-18H2,1-2H3;2*1-5H;;/q;;;2*+2/t21-,22-;;;;/m1..../s1. The second-order valence-electron chi connectivity index (χ2n) is 10.3. The van der Waals surface area contributed by atoms with Crippen molar-refractivity contribution in [2.24, 2.45) is 0 Å². The first-order valence-electron chi connectivity index (χ1n) is 14.1. The minimum Gasteiger partial charge on any atom is -0.383 e. The molecule has 6 heteroatoms. The average Bonchev–Trinajstić information content (AvgIpc) is 3.77. The minimum atomic E-state index is 0. The van der Waals surface area contributed by atoms with Crippen molar-refractivity contribution in [3.8, 4) is 0 Å². The molecule has 0 aromatic heterocycles. The first-order valence-corrected chi connectivity index (χ1v) is 14.1. The van der Waals surface area contributed by atoms with Gasteiger partial charge in [0, 0.05) is 51.2 Å². The van der Waals surface area contributed by atoms with Crippen molar-refractivity contribution in [1.82, 2.24) is 9.80 Å². The van der Waals surface area contributed by atoms with Crippen molar-refractivity contribution >= 4 is 0 Å². The molecule has 2 atom stereocenters. The monoisotopic (exact) mass is 624 g/mol. The molecule has 2 heterocycles. The van der Waals surface area contributed by atoms with Crippen LogP contribution in [-0.2, 0) is 43.6 Å². The van der Waals surface area contributed by atoms with E-state index in [2.05, 4.69) is 48.3 Å². The zero-order valence-corrected chi connectivity index (χ0v) is 26.1. The molecule has 2 aliphatic heterocycles. The van der Waals surface area contributed by atoms with Crippen molar-refractivity contribution < 1.29 is 43.6 Å². The Bertz CT molecular complexity index is 552. The molecule has 0 bridgehead atoms. The van der Waals surface area contributed by atoms with E-state index < -0.39 is 0 Å². The number of ether oxygens (including phenoxy) is 2. The van der Waals surface area contributed by atoms with Gasteiger partial charge in [-0.2, -0.15) is 0 Å². The van der Waals surface area contributed by atoms with Crippen LogP contribution in [0.5, 0.6) is 0 Å². The predicted molar refractivity (Wildman–Crippen MR) is 155 cm³/mol. The fourth-order valence-corrected chi connectivity index (χ4v) is 5.76. The largest absolute Gasteiger partial charge is 2.00 e. The van der Waals surface area contributed by atoms with E-state index in [1.54, 1.807) is 0 Å². The quantitative estimate of drug-likeness (QED) is 0.345. The summed E-state index contributed by atoms with van der Waals surface area (Å²) < 4.78 is 10.9. The summed E-state index contributed by atoms with van der Waals surface area (Å²) in [4.78, 5) is 5.19. The fourth-order valence-electron chi connectivity index (χ4n) is 5.76. The van der Waals surface area contributed by atoms with Crippen LogP contribution < -0.4 is 0 Å². The minimum absolute atomic E-state index is 0. The first-order chi connectivity index (χ1) is 18.8. The summed E-state index contributed by atoms with van der Waals surface area (Å²) in [6, 6.07) is 1.12. The molecular weight excluding hydrogens is 580 g/mol. The molecule has 0 unspecified atom stereocenters. The van der Waals surface area contributed by atoms with E-state index in [1.807, 2.05) is 78.4 Å². The van der Waals surface area contributed by atoms with Crippen LogP contribution in [0.4, 0.5) is 0 Å². The van der Waals surface area contributed by atoms with Crippen LogP contribution in [0.15, 0.2) is 0 Å². The predicted octanol–water partition coefficient (Wildman–Crippen LogP) is 4.80. The maximum atomic E-state index is 5.44. The molecular formula is C34H44Fe2N2O2+4. The summed E-state index contributed by atoms with van der Waals surface area (Å²) in [6.45, 7) is 6.09. The Hall–Kier alpha value is 0.879. The van der Waals surface area contributed by atoms with E-state index in [9.17, 15) is 0 Å². The number of hydrogen-bond donors (Lipinski definition) is 0. The molecule has 2 saturated heterocycles. The Morgan fingerprint density at radius 1 is 0.550 bits per heavy atom. The Balaban J connectivity index is 0.000000392. The summed E-state index contributed by atoms with van der Waals surface area (Å²) in [6.07, 6.45) is 38.7. The number of likely N-dealkylation sites (tertiary alicyclic amines) is 2. The topological polar surface area (TPSA) is 24.9 Å². The molecule has 4 aliphatic carbocycles. The van der Waals surface area contributed by atoms with Gasteiger partial charge in [0.25, 0.3) is 0 Å². The van der Waals surface area contributed by atoms with Crippen molar-refractivity contribution in [3.05, 3.63) is 126 Å². The number of methoxy groups -OCH3 is 2. The van der Waals surface area contributed by atoms with E-state index >= 15 is 0 Å². The molecule has 0 N–H and O–H groups in total. The normalized spacial score (nSPS) is 28.6. The van der Waals surface area contributed by atoms with E-state index in [-0.39, 0.29) is 34.1 Å². The summed E-state index contributed by atoms with van der Waals surface area (Å²) in [7, 11) is 3.63. The Kier molecular flexibility index (Phi) is 20.0. The third-order valence-corrected chi connectivity index (χ3v) is 7.68. The summed E-state index contributed by atoms with van der Waals surface area (Å²) in [5.41, 5.74) is 0. The van der Waals surface area contributed by atoms with Gasteiger partial charge >= 0.3 is 34.1 Å². The van der Waals surface area contributed by atoms with E-state index in [0.717, 1.165) is 26.3 Å². The Morgan fingerprint density at radius 2 is 0.900 bits per heavy atom. The summed E-state index contributed by atoms with van der Waals surface area (Å²) >= 11 is 0. The molecule has 40 heavy (non-hydrogen) atoms. The van der Waals surface area contributed by atoms with Gasteiger partial charge in [-0.3, -0.25) is 9.80 Å². The SMILES string of the molecule is COC[C@H]1CCCN1C[C]1[CH][CH][CH][C]1[C]1[CH][CH][CH][C]1CN1CCC[C@@H]1COC.[CH]1[CH][CH][CH][CH]1.[CH]1[CH][CH][CH][CH]1.[Fe+2].[Fe+2]. The van der Waals surface area contributed by atoms with Gasteiger partial charge in [0.15, 0.2) is 0 Å². The molecule has 6 fully saturated rings. The molecule has 214 valence electrons. The molecule has 20 radical (unpaired) electrons. The van der Waals surface area contributed by atoms with Gasteiger partial charge in [-0.1, -0.05) is 0 Å². The smallest absolute Gasteiger partial charge is 0.383 e. The van der Waals surface area contributed by atoms with Crippen molar-refractivity contribution in [2.45, 2.75) is 37.8 Å². The second kappa shape index (κ2) is 21.6. The molecule has 4 saturated carbocycles. The van der Waals surface area contributed by atoms with Crippen LogP contribution in [0.2, 0.25) is 0 Å². The number of nitrogens with zero attached hydrogens (tertiary/aromatic N) is 2. The van der Waals surface area contributed by atoms with Gasteiger partial charge in [-0.25, -0.2) is 0 Å². The Labute approximate surface area is 270 Å². The number of rotatable bonds is 9. The third-order valence-electron chi connectivity index (χ3n) is 7.68. The maximum Gasteiger partial charge on any atom is 2.00 e. The zero-order valence-electron chi connectivity index (χ0n) is 23.9. The van der Waals surface area contributed by atoms with Crippen LogP contribution in [-0.4, -0.2) is 75.5 Å². The summed E-state index contributed by atoms with van der Waals surface area (Å²) in [5, 5.41) is 0. The molecule has 0 amide bonds.